The number of rotatable bonds is 5. The number of aliphatic carboxylic acids is 1. The molecule has 1 saturated heterocycles. The smallest absolute Gasteiger partial charge is 0.305 e. The second kappa shape index (κ2) is 7.33. The Morgan fingerprint density at radius 3 is 2.68 bits per heavy atom. The summed E-state index contributed by atoms with van der Waals surface area (Å²) in [6.07, 6.45) is -0.427. The fourth-order valence-electron chi connectivity index (χ4n) is 2.53. The number of amides is 1. The number of aliphatic hydroxyl groups is 1. The van der Waals surface area contributed by atoms with Crippen molar-refractivity contribution in [2.24, 2.45) is 0 Å². The minimum atomic E-state index is -0.976. The minimum absolute atomic E-state index is 0.0770. The molecule has 1 aliphatic rings. The Morgan fingerprint density at radius 1 is 1.32 bits per heavy atom. The highest BCUT2D eigenvalue weighted by Crippen LogP contribution is 2.22. The molecule has 0 bridgehead atoms. The van der Waals surface area contributed by atoms with Gasteiger partial charge in [0.15, 0.2) is 0 Å². The lowest BCUT2D eigenvalue weighted by atomic mass is 9.96. The largest absolute Gasteiger partial charge is 0.481 e. The number of aliphatic hydroxyl groups excluding tert-OH is 1. The number of carboxylic acid groups (broad SMARTS) is 1. The van der Waals surface area contributed by atoms with E-state index in [4.69, 9.17) is 9.84 Å². The maximum Gasteiger partial charge on any atom is 0.305 e. The normalized spacial score (nSPS) is 24.7. The molecule has 0 spiro atoms. The van der Waals surface area contributed by atoms with Crippen LogP contribution in [0.3, 0.4) is 0 Å². The molecule has 1 heterocycles. The lowest BCUT2D eigenvalue weighted by Gasteiger charge is -2.35. The maximum atomic E-state index is 13.6. The second-order valence-corrected chi connectivity index (χ2v) is 5.21. The van der Waals surface area contributed by atoms with E-state index in [1.165, 1.54) is 18.2 Å². The number of ether oxygens (including phenoxy) is 1. The second-order valence-electron chi connectivity index (χ2n) is 5.21. The van der Waals surface area contributed by atoms with Crippen molar-refractivity contribution >= 4 is 11.9 Å². The summed E-state index contributed by atoms with van der Waals surface area (Å²) >= 11 is 0. The minimum Gasteiger partial charge on any atom is -0.481 e. The van der Waals surface area contributed by atoms with Gasteiger partial charge in [0.05, 0.1) is 30.7 Å². The van der Waals surface area contributed by atoms with Crippen LogP contribution in [0.15, 0.2) is 24.3 Å². The Kier molecular flexibility index (Phi) is 5.46. The summed E-state index contributed by atoms with van der Waals surface area (Å²) in [7, 11) is 0. The third kappa shape index (κ3) is 4.02. The molecule has 0 unspecified atom stereocenters. The number of hydrogen-bond acceptors (Lipinski definition) is 4. The molecule has 1 aromatic carbocycles. The van der Waals surface area contributed by atoms with E-state index < -0.39 is 35.9 Å². The molecule has 6 nitrogen and oxygen atoms in total. The zero-order valence-electron chi connectivity index (χ0n) is 11.9. The Bertz CT molecular complexity index is 550. The van der Waals surface area contributed by atoms with Crippen LogP contribution in [0.5, 0.6) is 0 Å². The van der Waals surface area contributed by atoms with Crippen molar-refractivity contribution < 1.29 is 28.9 Å². The van der Waals surface area contributed by atoms with Crippen LogP contribution in [0.1, 0.15) is 29.6 Å². The van der Waals surface area contributed by atoms with Crippen molar-refractivity contribution in [3.05, 3.63) is 35.6 Å². The first-order chi connectivity index (χ1) is 10.5. The Morgan fingerprint density at radius 2 is 2.05 bits per heavy atom. The molecule has 0 aliphatic carbocycles. The summed E-state index contributed by atoms with van der Waals surface area (Å²) in [5.41, 5.74) is -0.0770. The van der Waals surface area contributed by atoms with Gasteiger partial charge in [-0.2, -0.15) is 0 Å². The van der Waals surface area contributed by atoms with Crippen LogP contribution in [-0.2, 0) is 9.53 Å². The number of nitrogens with one attached hydrogen (secondary N) is 1. The number of halogens is 1. The van der Waals surface area contributed by atoms with Gasteiger partial charge in [-0.15, -0.1) is 0 Å². The topological polar surface area (TPSA) is 95.9 Å². The van der Waals surface area contributed by atoms with Gasteiger partial charge in [0.1, 0.15) is 11.9 Å². The van der Waals surface area contributed by atoms with Crippen LogP contribution in [0, 0.1) is 5.82 Å². The summed E-state index contributed by atoms with van der Waals surface area (Å²) in [5, 5.41) is 20.8. The van der Waals surface area contributed by atoms with Gasteiger partial charge in [0, 0.05) is 0 Å². The molecule has 2 rings (SSSR count). The van der Waals surface area contributed by atoms with Crippen molar-refractivity contribution in [1.82, 2.24) is 5.32 Å². The third-order valence-electron chi connectivity index (χ3n) is 3.63. The number of carbonyl (C=O) groups excluding carboxylic acids is 1. The number of carbonyl (C=O) groups is 2. The lowest BCUT2D eigenvalue weighted by molar-refractivity contribution is -0.145. The van der Waals surface area contributed by atoms with Crippen molar-refractivity contribution in [3.63, 3.8) is 0 Å². The molecule has 3 atom stereocenters. The van der Waals surface area contributed by atoms with E-state index in [0.717, 1.165) is 0 Å². The first-order valence-corrected chi connectivity index (χ1v) is 7.04. The van der Waals surface area contributed by atoms with Crippen LogP contribution in [0.25, 0.3) is 0 Å². The van der Waals surface area contributed by atoms with Gasteiger partial charge in [0.25, 0.3) is 5.91 Å². The fourth-order valence-corrected chi connectivity index (χ4v) is 2.53. The number of hydrogen-bond donors (Lipinski definition) is 3. The predicted octanol–water partition coefficient (Wildman–Crippen LogP) is 0.939. The molecular weight excluding hydrogens is 293 g/mol. The highest BCUT2D eigenvalue weighted by atomic mass is 19.1. The van der Waals surface area contributed by atoms with Crippen molar-refractivity contribution in [2.75, 3.05) is 6.61 Å². The van der Waals surface area contributed by atoms with Crippen LogP contribution in [-0.4, -0.2) is 46.9 Å². The molecule has 120 valence electrons. The quantitative estimate of drug-likeness (QED) is 0.752. The zero-order valence-corrected chi connectivity index (χ0v) is 11.9. The third-order valence-corrected chi connectivity index (χ3v) is 3.63. The highest BCUT2D eigenvalue weighted by molar-refractivity contribution is 5.94. The molecule has 1 fully saturated rings. The molecule has 0 radical (unpaired) electrons. The molecule has 22 heavy (non-hydrogen) atoms. The molecule has 3 N–H and O–H groups in total. The average Bonchev–Trinajstić information content (AvgIpc) is 2.48. The Labute approximate surface area is 126 Å². The molecule has 1 aromatic rings. The summed E-state index contributed by atoms with van der Waals surface area (Å²) < 4.78 is 19.1. The van der Waals surface area contributed by atoms with Crippen molar-refractivity contribution in [2.45, 2.75) is 37.5 Å². The van der Waals surface area contributed by atoms with Gasteiger partial charge in [-0.25, -0.2) is 4.39 Å². The molecular formula is C15H18FNO5. The van der Waals surface area contributed by atoms with Gasteiger partial charge < -0.3 is 20.3 Å². The van der Waals surface area contributed by atoms with E-state index in [9.17, 15) is 19.1 Å². The van der Waals surface area contributed by atoms with Crippen LogP contribution >= 0.6 is 0 Å². The highest BCUT2D eigenvalue weighted by Gasteiger charge is 2.33. The monoisotopic (exact) mass is 311 g/mol. The van der Waals surface area contributed by atoms with E-state index in [0.29, 0.717) is 12.8 Å². The molecule has 1 aliphatic heterocycles. The van der Waals surface area contributed by atoms with Crippen LogP contribution < -0.4 is 5.32 Å². The average molecular weight is 311 g/mol. The van der Waals surface area contributed by atoms with E-state index >= 15 is 0 Å². The Balaban J connectivity index is 1.99. The van der Waals surface area contributed by atoms with E-state index in [2.05, 4.69) is 5.32 Å². The zero-order chi connectivity index (χ0) is 16.1. The number of benzene rings is 1. The van der Waals surface area contributed by atoms with Gasteiger partial charge in [-0.1, -0.05) is 12.1 Å². The summed E-state index contributed by atoms with van der Waals surface area (Å²) in [5.74, 6) is -2.18. The molecule has 0 aromatic heterocycles. The number of carboxylic acids is 1. The molecule has 0 saturated carbocycles. The van der Waals surface area contributed by atoms with E-state index in [-0.39, 0.29) is 18.6 Å². The summed E-state index contributed by atoms with van der Waals surface area (Å²) in [6.45, 7) is -0.349. The van der Waals surface area contributed by atoms with Gasteiger partial charge in [-0.05, 0) is 25.0 Å². The van der Waals surface area contributed by atoms with E-state index in [1.54, 1.807) is 6.07 Å². The van der Waals surface area contributed by atoms with Crippen molar-refractivity contribution in [1.29, 1.82) is 0 Å². The first kappa shape index (κ1) is 16.4. The van der Waals surface area contributed by atoms with E-state index in [1.807, 2.05) is 0 Å². The van der Waals surface area contributed by atoms with Crippen LogP contribution in [0.4, 0.5) is 4.39 Å². The lowest BCUT2D eigenvalue weighted by Crippen LogP contribution is -2.51. The van der Waals surface area contributed by atoms with Crippen LogP contribution in [0.2, 0.25) is 0 Å². The summed E-state index contributed by atoms with van der Waals surface area (Å²) in [4.78, 5) is 22.8. The van der Waals surface area contributed by atoms with Gasteiger partial charge in [-0.3, -0.25) is 9.59 Å². The fraction of sp³-hybridized carbons (Fsp3) is 0.467. The van der Waals surface area contributed by atoms with Gasteiger partial charge >= 0.3 is 5.97 Å². The standard InChI is InChI=1S/C15H18FNO5/c16-11-4-2-1-3-10(11)15(21)17-12-6-5-9(7-14(19)20)22-13(12)8-18/h1-4,9,12-13,18H,5-8H2,(H,17,21)(H,19,20)/t9-,12-,13+/m1/s1. The summed E-state index contributed by atoms with van der Waals surface area (Å²) in [6, 6.07) is 5.13. The molecule has 1 amide bonds. The molecule has 7 heteroatoms. The predicted molar refractivity (Wildman–Crippen MR) is 74.9 cm³/mol. The Hall–Kier alpha value is -1.99. The van der Waals surface area contributed by atoms with Gasteiger partial charge in [0.2, 0.25) is 0 Å². The SMILES string of the molecule is O=C(O)C[C@H]1CC[C@@H](NC(=O)c2ccccc2F)[C@H](CO)O1. The maximum absolute atomic E-state index is 13.6. The first-order valence-electron chi connectivity index (χ1n) is 7.04. The van der Waals surface area contributed by atoms with Crippen molar-refractivity contribution in [3.8, 4) is 0 Å².